The first-order valence-corrected chi connectivity index (χ1v) is 4.29. The van der Waals surface area contributed by atoms with Crippen molar-refractivity contribution in [3.8, 4) is 0 Å². The fourth-order valence-electron chi connectivity index (χ4n) is 0.974. The SMILES string of the molecule is CCCCc1nccc(C(=O)O)n1.Cl. The third kappa shape index (κ3) is 3.70. The van der Waals surface area contributed by atoms with Gasteiger partial charge in [-0.15, -0.1) is 12.4 Å². The van der Waals surface area contributed by atoms with Gasteiger partial charge in [-0.2, -0.15) is 0 Å². The molecule has 1 aromatic heterocycles. The van der Waals surface area contributed by atoms with Gasteiger partial charge in [0.05, 0.1) is 0 Å². The molecular weight excluding hydrogens is 204 g/mol. The molecule has 0 amide bonds. The Balaban J connectivity index is 0.00000169. The number of aryl methyl sites for hydroxylation is 1. The number of aromatic nitrogens is 2. The second-order valence-electron chi connectivity index (χ2n) is 2.77. The maximum absolute atomic E-state index is 10.5. The van der Waals surface area contributed by atoms with E-state index in [0.29, 0.717) is 5.82 Å². The minimum Gasteiger partial charge on any atom is -0.477 e. The van der Waals surface area contributed by atoms with E-state index in [1.165, 1.54) is 12.3 Å². The largest absolute Gasteiger partial charge is 0.477 e. The van der Waals surface area contributed by atoms with Crippen molar-refractivity contribution in [2.75, 3.05) is 0 Å². The number of hydrogen-bond acceptors (Lipinski definition) is 3. The van der Waals surface area contributed by atoms with Crippen LogP contribution in [-0.2, 0) is 6.42 Å². The molecule has 0 unspecified atom stereocenters. The smallest absolute Gasteiger partial charge is 0.354 e. The molecule has 0 aromatic carbocycles. The Morgan fingerprint density at radius 3 is 2.86 bits per heavy atom. The summed E-state index contributed by atoms with van der Waals surface area (Å²) in [7, 11) is 0. The molecule has 78 valence electrons. The summed E-state index contributed by atoms with van der Waals surface area (Å²) in [6, 6.07) is 1.40. The molecule has 0 aliphatic rings. The minimum atomic E-state index is -1.000. The second-order valence-corrected chi connectivity index (χ2v) is 2.77. The van der Waals surface area contributed by atoms with Gasteiger partial charge in [0.25, 0.3) is 0 Å². The standard InChI is InChI=1S/C9H12N2O2.ClH/c1-2-3-4-8-10-6-5-7(11-8)9(12)13;/h5-6H,2-4H2,1H3,(H,12,13);1H. The number of rotatable bonds is 4. The molecule has 0 spiro atoms. The Morgan fingerprint density at radius 1 is 1.57 bits per heavy atom. The molecule has 5 heteroatoms. The minimum absolute atomic E-state index is 0. The number of carboxylic acid groups (broad SMARTS) is 1. The van der Waals surface area contributed by atoms with Crippen molar-refractivity contribution >= 4 is 18.4 Å². The Labute approximate surface area is 88.8 Å². The number of halogens is 1. The van der Waals surface area contributed by atoms with Crippen LogP contribution in [0.15, 0.2) is 12.3 Å². The van der Waals surface area contributed by atoms with Gasteiger partial charge >= 0.3 is 5.97 Å². The molecule has 0 aliphatic carbocycles. The van der Waals surface area contributed by atoms with Gasteiger partial charge < -0.3 is 5.11 Å². The number of hydrogen-bond donors (Lipinski definition) is 1. The molecule has 1 rings (SSSR count). The average Bonchev–Trinajstić information content (AvgIpc) is 2.15. The van der Waals surface area contributed by atoms with E-state index in [0.717, 1.165) is 19.3 Å². The third-order valence-corrected chi connectivity index (χ3v) is 1.68. The Hall–Kier alpha value is -1.16. The van der Waals surface area contributed by atoms with Gasteiger partial charge in [0.2, 0.25) is 0 Å². The zero-order valence-corrected chi connectivity index (χ0v) is 8.75. The summed E-state index contributed by atoms with van der Waals surface area (Å²) in [6.07, 6.45) is 4.28. The fraction of sp³-hybridized carbons (Fsp3) is 0.444. The summed E-state index contributed by atoms with van der Waals surface area (Å²) in [5, 5.41) is 8.64. The average molecular weight is 217 g/mol. The summed E-state index contributed by atoms with van der Waals surface area (Å²) in [4.78, 5) is 18.4. The molecule has 1 heterocycles. The number of nitrogens with zero attached hydrogens (tertiary/aromatic N) is 2. The first-order valence-electron chi connectivity index (χ1n) is 4.29. The lowest BCUT2D eigenvalue weighted by Crippen LogP contribution is -2.04. The van der Waals surface area contributed by atoms with Gasteiger partial charge in [-0.3, -0.25) is 0 Å². The topological polar surface area (TPSA) is 63.1 Å². The van der Waals surface area contributed by atoms with Crippen molar-refractivity contribution in [3.05, 3.63) is 23.8 Å². The molecule has 1 aromatic rings. The molecule has 0 aliphatic heterocycles. The van der Waals surface area contributed by atoms with Crippen LogP contribution in [0.2, 0.25) is 0 Å². The van der Waals surface area contributed by atoms with Crippen LogP contribution in [0, 0.1) is 0 Å². The molecular formula is C9H13ClN2O2. The van der Waals surface area contributed by atoms with Gasteiger partial charge in [0.1, 0.15) is 5.82 Å². The lowest BCUT2D eigenvalue weighted by Gasteiger charge is -1.98. The van der Waals surface area contributed by atoms with Crippen LogP contribution in [0.1, 0.15) is 36.1 Å². The van der Waals surface area contributed by atoms with E-state index in [9.17, 15) is 4.79 Å². The van der Waals surface area contributed by atoms with Crippen molar-refractivity contribution in [1.82, 2.24) is 9.97 Å². The van der Waals surface area contributed by atoms with Gasteiger partial charge in [-0.25, -0.2) is 14.8 Å². The molecule has 0 saturated carbocycles. The monoisotopic (exact) mass is 216 g/mol. The predicted molar refractivity (Wildman–Crippen MR) is 54.9 cm³/mol. The van der Waals surface area contributed by atoms with Crippen LogP contribution in [-0.4, -0.2) is 21.0 Å². The van der Waals surface area contributed by atoms with E-state index in [1.807, 2.05) is 0 Å². The van der Waals surface area contributed by atoms with Crippen LogP contribution in [0.3, 0.4) is 0 Å². The van der Waals surface area contributed by atoms with Crippen LogP contribution < -0.4 is 0 Å². The highest BCUT2D eigenvalue weighted by Crippen LogP contribution is 2.00. The van der Waals surface area contributed by atoms with Crippen molar-refractivity contribution in [2.45, 2.75) is 26.2 Å². The van der Waals surface area contributed by atoms with Crippen LogP contribution >= 0.6 is 12.4 Å². The van der Waals surface area contributed by atoms with E-state index in [1.54, 1.807) is 0 Å². The summed E-state index contributed by atoms with van der Waals surface area (Å²) in [5.41, 5.74) is 0.0705. The molecule has 0 saturated heterocycles. The first-order chi connectivity index (χ1) is 6.24. The number of unbranched alkanes of at least 4 members (excludes halogenated alkanes) is 1. The molecule has 0 radical (unpaired) electrons. The predicted octanol–water partition coefficient (Wildman–Crippen LogP) is 1.94. The molecule has 0 fully saturated rings. The first kappa shape index (κ1) is 12.8. The van der Waals surface area contributed by atoms with E-state index in [4.69, 9.17) is 5.11 Å². The molecule has 14 heavy (non-hydrogen) atoms. The number of aromatic carboxylic acids is 1. The van der Waals surface area contributed by atoms with Crippen LogP contribution in [0.4, 0.5) is 0 Å². The van der Waals surface area contributed by atoms with Gasteiger partial charge in [0.15, 0.2) is 5.69 Å². The van der Waals surface area contributed by atoms with E-state index in [-0.39, 0.29) is 18.1 Å². The van der Waals surface area contributed by atoms with Crippen molar-refractivity contribution in [2.24, 2.45) is 0 Å². The number of carbonyl (C=O) groups is 1. The zero-order chi connectivity index (χ0) is 9.68. The van der Waals surface area contributed by atoms with E-state index >= 15 is 0 Å². The van der Waals surface area contributed by atoms with Crippen LogP contribution in [0.5, 0.6) is 0 Å². The summed E-state index contributed by atoms with van der Waals surface area (Å²) in [5.74, 6) is -0.387. The molecule has 0 atom stereocenters. The highest BCUT2D eigenvalue weighted by Gasteiger charge is 2.05. The third-order valence-electron chi connectivity index (χ3n) is 1.68. The summed E-state index contributed by atoms with van der Waals surface area (Å²) < 4.78 is 0. The number of carboxylic acids is 1. The highest BCUT2D eigenvalue weighted by atomic mass is 35.5. The Bertz CT molecular complexity index is 305. The molecule has 0 bridgehead atoms. The van der Waals surface area contributed by atoms with E-state index < -0.39 is 5.97 Å². The van der Waals surface area contributed by atoms with Crippen molar-refractivity contribution in [3.63, 3.8) is 0 Å². The zero-order valence-electron chi connectivity index (χ0n) is 7.93. The molecule has 4 nitrogen and oxygen atoms in total. The van der Waals surface area contributed by atoms with Gasteiger partial charge in [-0.05, 0) is 12.5 Å². The van der Waals surface area contributed by atoms with E-state index in [2.05, 4.69) is 16.9 Å². The maximum atomic E-state index is 10.5. The lowest BCUT2D eigenvalue weighted by atomic mass is 10.2. The van der Waals surface area contributed by atoms with Gasteiger partial charge in [-0.1, -0.05) is 13.3 Å². The quantitative estimate of drug-likeness (QED) is 0.836. The summed E-state index contributed by atoms with van der Waals surface area (Å²) >= 11 is 0. The molecule has 1 N–H and O–H groups in total. The fourth-order valence-corrected chi connectivity index (χ4v) is 0.974. The maximum Gasteiger partial charge on any atom is 0.354 e. The van der Waals surface area contributed by atoms with Crippen molar-refractivity contribution in [1.29, 1.82) is 0 Å². The van der Waals surface area contributed by atoms with Gasteiger partial charge in [0, 0.05) is 12.6 Å². The normalized spacial score (nSPS) is 9.21. The van der Waals surface area contributed by atoms with Crippen molar-refractivity contribution < 1.29 is 9.90 Å². The highest BCUT2D eigenvalue weighted by molar-refractivity contribution is 5.85. The summed E-state index contributed by atoms with van der Waals surface area (Å²) in [6.45, 7) is 2.07. The lowest BCUT2D eigenvalue weighted by molar-refractivity contribution is 0.0690. The second kappa shape index (κ2) is 6.32. The van der Waals surface area contributed by atoms with Crippen LogP contribution in [0.25, 0.3) is 0 Å². The Kier molecular flexibility index (Phi) is 5.79. The Morgan fingerprint density at radius 2 is 2.29 bits per heavy atom.